The third-order valence-electron chi connectivity index (χ3n) is 2.76. The Hall–Kier alpha value is -1.19. The van der Waals surface area contributed by atoms with Crippen LogP contribution in [0.1, 0.15) is 12.6 Å². The number of rotatable bonds is 3. The van der Waals surface area contributed by atoms with E-state index in [-0.39, 0.29) is 0 Å². The number of halogens is 2. The molecular formula is C13H13Cl2NO2. The zero-order valence-electron chi connectivity index (χ0n) is 10.4. The fourth-order valence-corrected chi connectivity index (χ4v) is 2.49. The standard InChI is InChI=1S/C13H13Cl2NO2/c1-4-7-5-8(14)11-12(15)9(17-2)6-10(18-3)13(11)16-7/h5-6H,4H2,1-3H3. The maximum absolute atomic E-state index is 6.27. The summed E-state index contributed by atoms with van der Waals surface area (Å²) in [6.07, 6.45) is 0.794. The summed E-state index contributed by atoms with van der Waals surface area (Å²) in [6, 6.07) is 3.53. The maximum atomic E-state index is 6.27. The second kappa shape index (κ2) is 5.21. The lowest BCUT2D eigenvalue weighted by Gasteiger charge is -2.12. The summed E-state index contributed by atoms with van der Waals surface area (Å²) < 4.78 is 10.5. The minimum atomic E-state index is 0.452. The number of ether oxygens (including phenoxy) is 2. The van der Waals surface area contributed by atoms with Crippen LogP contribution in [0.25, 0.3) is 10.9 Å². The van der Waals surface area contributed by atoms with Gasteiger partial charge < -0.3 is 9.47 Å². The molecular weight excluding hydrogens is 273 g/mol. The molecule has 1 heterocycles. The van der Waals surface area contributed by atoms with E-state index < -0.39 is 0 Å². The van der Waals surface area contributed by atoms with Gasteiger partial charge in [0, 0.05) is 17.1 Å². The van der Waals surface area contributed by atoms with Crippen LogP contribution in [0.4, 0.5) is 0 Å². The lowest BCUT2D eigenvalue weighted by molar-refractivity contribution is 0.397. The zero-order valence-corrected chi connectivity index (χ0v) is 11.9. The van der Waals surface area contributed by atoms with Gasteiger partial charge >= 0.3 is 0 Å². The molecule has 3 nitrogen and oxygen atoms in total. The molecule has 0 saturated carbocycles. The van der Waals surface area contributed by atoms with Gasteiger partial charge in [-0.1, -0.05) is 30.1 Å². The molecule has 1 aromatic carbocycles. The van der Waals surface area contributed by atoms with Gasteiger partial charge in [0.05, 0.1) is 24.3 Å². The molecule has 1 aromatic heterocycles. The van der Waals surface area contributed by atoms with Crippen molar-refractivity contribution in [2.45, 2.75) is 13.3 Å². The van der Waals surface area contributed by atoms with Crippen LogP contribution >= 0.6 is 23.2 Å². The summed E-state index contributed by atoms with van der Waals surface area (Å²) in [6.45, 7) is 2.02. The van der Waals surface area contributed by atoms with Crippen molar-refractivity contribution >= 4 is 34.1 Å². The maximum Gasteiger partial charge on any atom is 0.148 e. The van der Waals surface area contributed by atoms with Crippen LogP contribution in [0, 0.1) is 0 Å². The molecule has 5 heteroatoms. The molecule has 0 aliphatic carbocycles. The highest BCUT2D eigenvalue weighted by Gasteiger charge is 2.16. The Balaban J connectivity index is 2.89. The highest BCUT2D eigenvalue weighted by molar-refractivity contribution is 6.43. The number of nitrogens with zero attached hydrogens (tertiary/aromatic N) is 1. The van der Waals surface area contributed by atoms with Crippen molar-refractivity contribution < 1.29 is 9.47 Å². The van der Waals surface area contributed by atoms with Gasteiger partial charge in [-0.25, -0.2) is 4.98 Å². The van der Waals surface area contributed by atoms with Crippen LogP contribution in [0.5, 0.6) is 11.5 Å². The van der Waals surface area contributed by atoms with E-state index in [0.717, 1.165) is 12.1 Å². The molecule has 2 aromatic rings. The third-order valence-corrected chi connectivity index (χ3v) is 3.43. The van der Waals surface area contributed by atoms with Gasteiger partial charge in [-0.15, -0.1) is 0 Å². The van der Waals surface area contributed by atoms with Gasteiger partial charge in [0.2, 0.25) is 0 Å². The Morgan fingerprint density at radius 1 is 1.11 bits per heavy atom. The molecule has 0 fully saturated rings. The molecule has 0 radical (unpaired) electrons. The van der Waals surface area contributed by atoms with Crippen LogP contribution in [0.3, 0.4) is 0 Å². The number of fused-ring (bicyclic) bond motifs is 1. The minimum absolute atomic E-state index is 0.452. The van der Waals surface area contributed by atoms with Gasteiger partial charge in [0.1, 0.15) is 17.0 Å². The Labute approximate surface area is 116 Å². The van der Waals surface area contributed by atoms with E-state index in [0.29, 0.717) is 32.4 Å². The van der Waals surface area contributed by atoms with Gasteiger partial charge in [0.25, 0.3) is 0 Å². The highest BCUT2D eigenvalue weighted by atomic mass is 35.5. The molecule has 2 rings (SSSR count). The van der Waals surface area contributed by atoms with Crippen molar-refractivity contribution in [3.05, 3.63) is 27.9 Å². The second-order valence-electron chi connectivity index (χ2n) is 3.77. The minimum Gasteiger partial charge on any atom is -0.495 e. The molecule has 0 N–H and O–H groups in total. The smallest absolute Gasteiger partial charge is 0.148 e. The predicted molar refractivity (Wildman–Crippen MR) is 74.2 cm³/mol. The first-order valence-corrected chi connectivity index (χ1v) is 6.27. The first-order chi connectivity index (χ1) is 8.62. The fourth-order valence-electron chi connectivity index (χ4n) is 1.81. The highest BCUT2D eigenvalue weighted by Crippen LogP contribution is 2.41. The normalized spacial score (nSPS) is 10.7. The van der Waals surface area contributed by atoms with E-state index in [2.05, 4.69) is 4.98 Å². The van der Waals surface area contributed by atoms with Gasteiger partial charge in [-0.3, -0.25) is 0 Å². The van der Waals surface area contributed by atoms with Crippen molar-refractivity contribution in [3.8, 4) is 11.5 Å². The van der Waals surface area contributed by atoms with Crippen molar-refractivity contribution in [2.75, 3.05) is 14.2 Å². The van der Waals surface area contributed by atoms with E-state index in [1.54, 1.807) is 20.3 Å². The first-order valence-electron chi connectivity index (χ1n) is 5.52. The molecule has 0 spiro atoms. The van der Waals surface area contributed by atoms with Crippen molar-refractivity contribution in [2.24, 2.45) is 0 Å². The number of benzene rings is 1. The number of pyridine rings is 1. The second-order valence-corrected chi connectivity index (χ2v) is 4.55. The molecule has 0 aliphatic rings. The van der Waals surface area contributed by atoms with Crippen LogP contribution in [0.15, 0.2) is 12.1 Å². The predicted octanol–water partition coefficient (Wildman–Crippen LogP) is 4.12. The summed E-state index contributed by atoms with van der Waals surface area (Å²) >= 11 is 12.5. The molecule has 18 heavy (non-hydrogen) atoms. The Kier molecular flexibility index (Phi) is 3.83. The monoisotopic (exact) mass is 285 g/mol. The molecule has 0 aliphatic heterocycles. The molecule has 0 bridgehead atoms. The number of aryl methyl sites for hydroxylation is 1. The summed E-state index contributed by atoms with van der Waals surface area (Å²) in [5.41, 5.74) is 1.56. The van der Waals surface area contributed by atoms with Gasteiger partial charge in [-0.2, -0.15) is 0 Å². The van der Waals surface area contributed by atoms with E-state index in [9.17, 15) is 0 Å². The quantitative estimate of drug-likeness (QED) is 0.850. The zero-order chi connectivity index (χ0) is 13.3. The lowest BCUT2D eigenvalue weighted by atomic mass is 10.1. The Morgan fingerprint density at radius 2 is 1.78 bits per heavy atom. The van der Waals surface area contributed by atoms with E-state index in [4.69, 9.17) is 32.7 Å². The average Bonchev–Trinajstić information content (AvgIpc) is 2.38. The van der Waals surface area contributed by atoms with E-state index in [1.807, 2.05) is 13.0 Å². The Morgan fingerprint density at radius 3 is 2.33 bits per heavy atom. The number of aromatic nitrogens is 1. The number of hydrogen-bond donors (Lipinski definition) is 0. The summed E-state index contributed by atoms with van der Waals surface area (Å²) in [4.78, 5) is 4.51. The van der Waals surface area contributed by atoms with Crippen LogP contribution in [0.2, 0.25) is 10.0 Å². The van der Waals surface area contributed by atoms with Gasteiger partial charge in [-0.05, 0) is 12.5 Å². The van der Waals surface area contributed by atoms with Crippen molar-refractivity contribution in [3.63, 3.8) is 0 Å². The molecule has 0 unspecified atom stereocenters. The molecule has 0 saturated heterocycles. The average molecular weight is 286 g/mol. The van der Waals surface area contributed by atoms with Crippen LogP contribution < -0.4 is 9.47 Å². The molecule has 96 valence electrons. The number of methoxy groups -OCH3 is 2. The van der Waals surface area contributed by atoms with Crippen LogP contribution in [-0.4, -0.2) is 19.2 Å². The van der Waals surface area contributed by atoms with Crippen LogP contribution in [-0.2, 0) is 6.42 Å². The third kappa shape index (κ3) is 2.08. The van der Waals surface area contributed by atoms with E-state index in [1.165, 1.54) is 0 Å². The SMILES string of the molecule is CCc1cc(Cl)c2c(Cl)c(OC)cc(OC)c2n1. The number of hydrogen-bond acceptors (Lipinski definition) is 3. The van der Waals surface area contributed by atoms with Crippen molar-refractivity contribution in [1.82, 2.24) is 4.98 Å². The summed E-state index contributed by atoms with van der Waals surface area (Å²) in [5.74, 6) is 1.12. The van der Waals surface area contributed by atoms with Gasteiger partial charge in [0.15, 0.2) is 0 Å². The lowest BCUT2D eigenvalue weighted by Crippen LogP contribution is -1.95. The van der Waals surface area contributed by atoms with E-state index >= 15 is 0 Å². The largest absolute Gasteiger partial charge is 0.495 e. The first kappa shape index (κ1) is 13.2. The fraction of sp³-hybridized carbons (Fsp3) is 0.308. The summed E-state index contributed by atoms with van der Waals surface area (Å²) in [5, 5.41) is 1.67. The topological polar surface area (TPSA) is 31.4 Å². The Bertz CT molecular complexity index is 599. The van der Waals surface area contributed by atoms with Crippen molar-refractivity contribution in [1.29, 1.82) is 0 Å². The molecule has 0 atom stereocenters. The summed E-state index contributed by atoms with van der Waals surface area (Å²) in [7, 11) is 3.13. The molecule has 0 amide bonds.